The Kier molecular flexibility index (Phi) is 6.55. The lowest BCUT2D eigenvalue weighted by molar-refractivity contribution is -0.698. The van der Waals surface area contributed by atoms with Crippen molar-refractivity contribution in [3.63, 3.8) is 0 Å². The van der Waals surface area contributed by atoms with Crippen molar-refractivity contribution in [2.24, 2.45) is 0 Å². The van der Waals surface area contributed by atoms with E-state index in [9.17, 15) is 4.39 Å². The van der Waals surface area contributed by atoms with Crippen LogP contribution in [0.4, 0.5) is 4.39 Å². The highest BCUT2D eigenvalue weighted by molar-refractivity contribution is 5.27. The van der Waals surface area contributed by atoms with E-state index in [-0.39, 0.29) is 18.2 Å². The van der Waals surface area contributed by atoms with Crippen molar-refractivity contribution in [1.82, 2.24) is 0 Å². The molecular weight excluding hydrogens is 341 g/mol. The van der Waals surface area contributed by atoms with Crippen LogP contribution in [0, 0.1) is 26.6 Å². The Hall–Kier alpha value is -1.49. The topological polar surface area (TPSA) is 22.3 Å². The van der Waals surface area contributed by atoms with Crippen LogP contribution >= 0.6 is 0 Å². The number of aromatic nitrogens is 1. The van der Waals surface area contributed by atoms with Crippen molar-refractivity contribution in [2.75, 3.05) is 13.2 Å². The normalized spacial score (nSPS) is 15.8. The smallest absolute Gasteiger partial charge is 0.195 e. The maximum absolute atomic E-state index is 14.0. The minimum atomic E-state index is -0.811. The molecule has 0 atom stereocenters. The van der Waals surface area contributed by atoms with Gasteiger partial charge < -0.3 is 21.9 Å². The number of benzene rings is 1. The second-order valence-electron chi connectivity index (χ2n) is 6.57. The largest absolute Gasteiger partial charge is 1.00 e. The maximum Gasteiger partial charge on any atom is 0.195 e. The van der Waals surface area contributed by atoms with E-state index < -0.39 is 5.79 Å². The highest BCUT2D eigenvalue weighted by atomic mass is 35.5. The molecule has 0 spiro atoms. The van der Waals surface area contributed by atoms with Gasteiger partial charge in [-0.2, -0.15) is 0 Å². The summed E-state index contributed by atoms with van der Waals surface area (Å²) in [6.45, 7) is 7.97. The van der Waals surface area contributed by atoms with Gasteiger partial charge in [0.1, 0.15) is 12.4 Å². The minimum absolute atomic E-state index is 0. The van der Waals surface area contributed by atoms with Gasteiger partial charge in [0.15, 0.2) is 18.2 Å². The molecule has 0 N–H and O–H groups in total. The van der Waals surface area contributed by atoms with E-state index >= 15 is 0 Å². The molecule has 3 rings (SSSR count). The van der Waals surface area contributed by atoms with Crippen LogP contribution in [0.5, 0.6) is 0 Å². The van der Waals surface area contributed by atoms with Gasteiger partial charge in [-0.3, -0.25) is 0 Å². The SMILES string of the molecule is Cc1cc[n+](CCCC2(c3ccc(C)c(F)c3)OCCO2)cc1C.[Cl-]. The Balaban J connectivity index is 0.00000225. The predicted octanol–water partition coefficient (Wildman–Crippen LogP) is 0.722. The van der Waals surface area contributed by atoms with Crippen molar-refractivity contribution in [3.8, 4) is 0 Å². The summed E-state index contributed by atoms with van der Waals surface area (Å²) in [6, 6.07) is 7.37. The maximum atomic E-state index is 14.0. The molecule has 1 aliphatic heterocycles. The Labute approximate surface area is 155 Å². The summed E-state index contributed by atoms with van der Waals surface area (Å²) in [5, 5.41) is 0. The molecule has 136 valence electrons. The van der Waals surface area contributed by atoms with Crippen LogP contribution < -0.4 is 17.0 Å². The zero-order valence-corrected chi connectivity index (χ0v) is 15.8. The van der Waals surface area contributed by atoms with E-state index in [2.05, 4.69) is 36.9 Å². The summed E-state index contributed by atoms with van der Waals surface area (Å²) in [7, 11) is 0. The lowest BCUT2D eigenvalue weighted by Crippen LogP contribution is -3.00. The van der Waals surface area contributed by atoms with Crippen molar-refractivity contribution < 1.29 is 30.8 Å². The van der Waals surface area contributed by atoms with Crippen LogP contribution in [0.2, 0.25) is 0 Å². The molecule has 1 saturated heterocycles. The number of rotatable bonds is 5. The summed E-state index contributed by atoms with van der Waals surface area (Å²) in [5.41, 5.74) is 3.98. The molecule has 2 heterocycles. The Bertz CT molecular complexity index is 730. The molecule has 2 aromatic rings. The van der Waals surface area contributed by atoms with E-state index in [1.165, 1.54) is 11.1 Å². The fourth-order valence-electron chi connectivity index (χ4n) is 3.11. The molecule has 1 aliphatic rings. The highest BCUT2D eigenvalue weighted by Gasteiger charge is 2.38. The summed E-state index contributed by atoms with van der Waals surface area (Å²) >= 11 is 0. The van der Waals surface area contributed by atoms with Crippen LogP contribution in [0.25, 0.3) is 0 Å². The first-order valence-corrected chi connectivity index (χ1v) is 8.51. The standard InChI is InChI=1S/C20H25FNO2.ClH/c1-15-7-10-22(14-17(15)3)9-4-8-20(23-11-12-24-20)18-6-5-16(2)19(21)13-18;/h5-7,10,13-14H,4,8-9,11-12H2,1-3H3;1H/q+1;/p-1. The molecule has 0 bridgehead atoms. The number of halogens is 2. The van der Waals surface area contributed by atoms with E-state index in [0.29, 0.717) is 25.2 Å². The Morgan fingerprint density at radius 3 is 2.40 bits per heavy atom. The lowest BCUT2D eigenvalue weighted by Gasteiger charge is -2.27. The second kappa shape index (κ2) is 8.26. The third-order valence-electron chi connectivity index (χ3n) is 4.79. The van der Waals surface area contributed by atoms with Gasteiger partial charge in [0.05, 0.1) is 13.2 Å². The van der Waals surface area contributed by atoms with Gasteiger partial charge in [0, 0.05) is 30.0 Å². The van der Waals surface area contributed by atoms with E-state index in [1.54, 1.807) is 19.1 Å². The van der Waals surface area contributed by atoms with Crippen LogP contribution in [0.3, 0.4) is 0 Å². The monoisotopic (exact) mass is 365 g/mol. The molecule has 25 heavy (non-hydrogen) atoms. The first-order valence-electron chi connectivity index (χ1n) is 8.51. The summed E-state index contributed by atoms with van der Waals surface area (Å²) < 4.78 is 27.9. The van der Waals surface area contributed by atoms with Crippen LogP contribution in [-0.2, 0) is 21.8 Å². The van der Waals surface area contributed by atoms with Gasteiger partial charge in [-0.15, -0.1) is 0 Å². The minimum Gasteiger partial charge on any atom is -1.00 e. The molecule has 0 radical (unpaired) electrons. The Morgan fingerprint density at radius 1 is 1.04 bits per heavy atom. The third kappa shape index (κ3) is 4.38. The van der Waals surface area contributed by atoms with Crippen molar-refractivity contribution in [1.29, 1.82) is 0 Å². The van der Waals surface area contributed by atoms with Gasteiger partial charge >= 0.3 is 0 Å². The van der Waals surface area contributed by atoms with Gasteiger partial charge in [-0.05, 0) is 38.0 Å². The quantitative estimate of drug-likeness (QED) is 0.729. The average molecular weight is 366 g/mol. The first-order chi connectivity index (χ1) is 11.5. The molecule has 0 aliphatic carbocycles. The van der Waals surface area contributed by atoms with Crippen LogP contribution in [0.15, 0.2) is 36.7 Å². The fourth-order valence-corrected chi connectivity index (χ4v) is 3.11. The number of nitrogens with zero attached hydrogens (tertiary/aromatic N) is 1. The van der Waals surface area contributed by atoms with E-state index in [4.69, 9.17) is 9.47 Å². The van der Waals surface area contributed by atoms with Crippen molar-refractivity contribution in [2.45, 2.75) is 45.9 Å². The van der Waals surface area contributed by atoms with Crippen molar-refractivity contribution in [3.05, 3.63) is 64.7 Å². The molecule has 0 saturated carbocycles. The zero-order chi connectivity index (χ0) is 17.2. The highest BCUT2D eigenvalue weighted by Crippen LogP contribution is 2.36. The molecular formula is C20H25ClFNO2. The van der Waals surface area contributed by atoms with Crippen molar-refractivity contribution >= 4 is 0 Å². The molecule has 1 fully saturated rings. The lowest BCUT2D eigenvalue weighted by atomic mass is 9.99. The molecule has 1 aromatic heterocycles. The van der Waals surface area contributed by atoms with Gasteiger partial charge in [0.2, 0.25) is 0 Å². The molecule has 3 nitrogen and oxygen atoms in total. The van der Waals surface area contributed by atoms with Crippen LogP contribution in [-0.4, -0.2) is 13.2 Å². The van der Waals surface area contributed by atoms with Gasteiger partial charge in [0.25, 0.3) is 0 Å². The number of aryl methyl sites for hydroxylation is 4. The Morgan fingerprint density at radius 2 is 1.76 bits per heavy atom. The zero-order valence-electron chi connectivity index (χ0n) is 15.0. The summed E-state index contributed by atoms with van der Waals surface area (Å²) in [4.78, 5) is 0. The molecule has 5 heteroatoms. The number of hydrogen-bond donors (Lipinski definition) is 0. The summed E-state index contributed by atoms with van der Waals surface area (Å²) in [5.74, 6) is -1.02. The van der Waals surface area contributed by atoms with Gasteiger partial charge in [-0.25, -0.2) is 8.96 Å². The van der Waals surface area contributed by atoms with Gasteiger partial charge in [-0.1, -0.05) is 12.1 Å². The summed E-state index contributed by atoms with van der Waals surface area (Å²) in [6.07, 6.45) is 5.85. The fraction of sp³-hybridized carbons (Fsp3) is 0.450. The number of ether oxygens (including phenoxy) is 2. The first kappa shape index (κ1) is 19.8. The third-order valence-corrected chi connectivity index (χ3v) is 4.79. The van der Waals surface area contributed by atoms with Crippen LogP contribution in [0.1, 0.15) is 35.1 Å². The van der Waals surface area contributed by atoms with E-state index in [0.717, 1.165) is 18.5 Å². The number of pyridine rings is 1. The molecule has 0 amide bonds. The predicted molar refractivity (Wildman–Crippen MR) is 90.1 cm³/mol. The molecule has 1 aromatic carbocycles. The molecule has 0 unspecified atom stereocenters. The average Bonchev–Trinajstić information content (AvgIpc) is 3.03. The second-order valence-corrected chi connectivity index (χ2v) is 6.57. The number of hydrogen-bond acceptors (Lipinski definition) is 2. The van der Waals surface area contributed by atoms with E-state index in [1.807, 2.05) is 6.07 Å².